The number of likely N-dealkylation sites (tertiary alicyclic amines) is 1. The third-order valence-electron chi connectivity index (χ3n) is 6.04. The second-order valence-corrected chi connectivity index (χ2v) is 9.53. The van der Waals surface area contributed by atoms with Crippen molar-refractivity contribution in [2.24, 2.45) is 0 Å². The van der Waals surface area contributed by atoms with Gasteiger partial charge in [-0.05, 0) is 42.7 Å². The van der Waals surface area contributed by atoms with Gasteiger partial charge in [0.1, 0.15) is 0 Å². The van der Waals surface area contributed by atoms with Crippen molar-refractivity contribution in [3.63, 3.8) is 0 Å². The van der Waals surface area contributed by atoms with E-state index in [4.69, 9.17) is 4.42 Å². The molecular formula is C26H28N6O2S. The molecule has 3 aromatic heterocycles. The van der Waals surface area contributed by atoms with Crippen LogP contribution in [0.3, 0.4) is 0 Å². The minimum absolute atomic E-state index is 0.0204. The number of hydrogen-bond donors (Lipinski definition) is 1. The SMILES string of the molecule is O=C(CSc1nnc(-c2ccco2)n1Cc1ccccc1)NC1CCN(Cc2ccccn2)CC1. The molecule has 1 amide bonds. The van der Waals surface area contributed by atoms with Gasteiger partial charge in [0.15, 0.2) is 10.9 Å². The number of carbonyl (C=O) groups excluding carboxylic acids is 1. The van der Waals surface area contributed by atoms with Crippen LogP contribution in [0.4, 0.5) is 0 Å². The molecule has 1 aliphatic rings. The third-order valence-corrected chi connectivity index (χ3v) is 7.01. The zero-order valence-electron chi connectivity index (χ0n) is 19.4. The van der Waals surface area contributed by atoms with E-state index in [9.17, 15) is 4.79 Å². The monoisotopic (exact) mass is 488 g/mol. The van der Waals surface area contributed by atoms with Gasteiger partial charge in [-0.1, -0.05) is 48.2 Å². The molecule has 1 fully saturated rings. The number of benzene rings is 1. The lowest BCUT2D eigenvalue weighted by molar-refractivity contribution is -0.119. The van der Waals surface area contributed by atoms with Crippen LogP contribution in [-0.2, 0) is 17.9 Å². The summed E-state index contributed by atoms with van der Waals surface area (Å²) in [5.41, 5.74) is 2.21. The van der Waals surface area contributed by atoms with Gasteiger partial charge in [-0.2, -0.15) is 0 Å². The van der Waals surface area contributed by atoms with Crippen molar-refractivity contribution in [3.8, 4) is 11.6 Å². The highest BCUT2D eigenvalue weighted by Crippen LogP contribution is 2.25. The molecule has 180 valence electrons. The summed E-state index contributed by atoms with van der Waals surface area (Å²) in [6, 6.07) is 20.0. The molecule has 0 unspecified atom stereocenters. The Bertz CT molecular complexity index is 1210. The minimum atomic E-state index is 0.0204. The maximum atomic E-state index is 12.7. The van der Waals surface area contributed by atoms with Gasteiger partial charge in [0.2, 0.25) is 11.7 Å². The predicted molar refractivity (Wildman–Crippen MR) is 135 cm³/mol. The van der Waals surface area contributed by atoms with Crippen molar-refractivity contribution in [1.82, 2.24) is 30.0 Å². The Kier molecular flexibility index (Phi) is 7.55. The van der Waals surface area contributed by atoms with Gasteiger partial charge >= 0.3 is 0 Å². The zero-order chi connectivity index (χ0) is 23.9. The van der Waals surface area contributed by atoms with Crippen molar-refractivity contribution in [3.05, 3.63) is 84.4 Å². The first-order chi connectivity index (χ1) is 17.2. The van der Waals surface area contributed by atoms with Crippen LogP contribution in [0.25, 0.3) is 11.6 Å². The van der Waals surface area contributed by atoms with Crippen LogP contribution in [0.1, 0.15) is 24.1 Å². The van der Waals surface area contributed by atoms with E-state index in [1.165, 1.54) is 11.8 Å². The first-order valence-corrected chi connectivity index (χ1v) is 12.8. The molecule has 4 aromatic rings. The molecule has 0 aliphatic carbocycles. The number of amides is 1. The molecular weight excluding hydrogens is 460 g/mol. The number of thioether (sulfide) groups is 1. The molecule has 0 atom stereocenters. The Labute approximate surface area is 208 Å². The summed E-state index contributed by atoms with van der Waals surface area (Å²) in [4.78, 5) is 19.5. The van der Waals surface area contributed by atoms with Crippen LogP contribution < -0.4 is 5.32 Å². The number of nitrogens with one attached hydrogen (secondary N) is 1. The van der Waals surface area contributed by atoms with Gasteiger partial charge in [0.25, 0.3) is 0 Å². The first kappa shape index (κ1) is 23.3. The highest BCUT2D eigenvalue weighted by molar-refractivity contribution is 7.99. The van der Waals surface area contributed by atoms with Gasteiger partial charge in [0, 0.05) is 31.9 Å². The second-order valence-electron chi connectivity index (χ2n) is 8.58. The summed E-state index contributed by atoms with van der Waals surface area (Å²) < 4.78 is 7.57. The molecule has 35 heavy (non-hydrogen) atoms. The topological polar surface area (TPSA) is 89.1 Å². The molecule has 0 spiro atoms. The number of piperidine rings is 1. The number of hydrogen-bond acceptors (Lipinski definition) is 7. The second kappa shape index (κ2) is 11.3. The Hall–Kier alpha value is -3.43. The van der Waals surface area contributed by atoms with Crippen LogP contribution in [0.5, 0.6) is 0 Å². The summed E-state index contributed by atoms with van der Waals surface area (Å²) in [6.07, 6.45) is 5.34. The lowest BCUT2D eigenvalue weighted by atomic mass is 10.0. The van der Waals surface area contributed by atoms with Gasteiger partial charge < -0.3 is 9.73 Å². The van der Waals surface area contributed by atoms with E-state index in [1.807, 2.05) is 53.2 Å². The summed E-state index contributed by atoms with van der Waals surface area (Å²) in [6.45, 7) is 3.36. The van der Waals surface area contributed by atoms with Crippen LogP contribution in [-0.4, -0.2) is 55.4 Å². The molecule has 0 bridgehead atoms. The Morgan fingerprint density at radius 2 is 1.83 bits per heavy atom. The summed E-state index contributed by atoms with van der Waals surface area (Å²) in [7, 11) is 0. The lowest BCUT2D eigenvalue weighted by Gasteiger charge is -2.32. The van der Waals surface area contributed by atoms with E-state index in [0.717, 1.165) is 43.7 Å². The van der Waals surface area contributed by atoms with Gasteiger partial charge in [0.05, 0.1) is 24.3 Å². The molecule has 9 heteroatoms. The van der Waals surface area contributed by atoms with E-state index in [1.54, 1.807) is 6.26 Å². The van der Waals surface area contributed by atoms with Crippen LogP contribution in [0, 0.1) is 0 Å². The van der Waals surface area contributed by atoms with Gasteiger partial charge in [-0.15, -0.1) is 10.2 Å². The zero-order valence-corrected chi connectivity index (χ0v) is 20.2. The smallest absolute Gasteiger partial charge is 0.230 e. The van der Waals surface area contributed by atoms with Crippen molar-refractivity contribution in [2.75, 3.05) is 18.8 Å². The first-order valence-electron chi connectivity index (χ1n) is 11.8. The number of pyridine rings is 1. The standard InChI is InChI=1S/C26H28N6O2S/c33-24(28-21-11-14-31(15-12-21)18-22-9-4-5-13-27-22)19-35-26-30-29-25(23-10-6-16-34-23)32(26)17-20-7-2-1-3-8-20/h1-10,13,16,21H,11-12,14-15,17-19H2,(H,28,33). The van der Waals surface area contributed by atoms with Crippen LogP contribution >= 0.6 is 11.8 Å². The molecule has 1 aromatic carbocycles. The van der Waals surface area contributed by atoms with E-state index < -0.39 is 0 Å². The molecule has 0 saturated carbocycles. The van der Waals surface area contributed by atoms with Crippen molar-refractivity contribution >= 4 is 17.7 Å². The number of nitrogens with zero attached hydrogens (tertiary/aromatic N) is 5. The van der Waals surface area contributed by atoms with E-state index >= 15 is 0 Å². The maximum Gasteiger partial charge on any atom is 0.230 e. The summed E-state index contributed by atoms with van der Waals surface area (Å²) in [5, 5.41) is 12.6. The van der Waals surface area contributed by atoms with E-state index in [0.29, 0.717) is 29.0 Å². The van der Waals surface area contributed by atoms with Gasteiger partial charge in [-0.3, -0.25) is 19.2 Å². The molecule has 1 saturated heterocycles. The molecule has 8 nitrogen and oxygen atoms in total. The molecule has 1 N–H and O–H groups in total. The minimum Gasteiger partial charge on any atom is -0.461 e. The highest BCUT2D eigenvalue weighted by Gasteiger charge is 2.22. The molecule has 4 heterocycles. The average molecular weight is 489 g/mol. The molecule has 5 rings (SSSR count). The van der Waals surface area contributed by atoms with Crippen molar-refractivity contribution in [1.29, 1.82) is 0 Å². The summed E-state index contributed by atoms with van der Waals surface area (Å²) in [5.74, 6) is 1.62. The number of aromatic nitrogens is 4. The lowest BCUT2D eigenvalue weighted by Crippen LogP contribution is -2.44. The van der Waals surface area contributed by atoms with Crippen LogP contribution in [0.15, 0.2) is 82.7 Å². The average Bonchev–Trinajstić information content (AvgIpc) is 3.55. The quantitative estimate of drug-likeness (QED) is 0.358. The van der Waals surface area contributed by atoms with E-state index in [2.05, 4.69) is 43.6 Å². The fourth-order valence-corrected chi connectivity index (χ4v) is 5.00. The molecule has 0 radical (unpaired) electrons. The molecule has 1 aliphatic heterocycles. The summed E-state index contributed by atoms with van der Waals surface area (Å²) >= 11 is 1.40. The fraction of sp³-hybridized carbons (Fsp3) is 0.308. The highest BCUT2D eigenvalue weighted by atomic mass is 32.2. The van der Waals surface area contributed by atoms with E-state index in [-0.39, 0.29) is 11.9 Å². The fourth-order valence-electron chi connectivity index (χ4n) is 4.25. The van der Waals surface area contributed by atoms with Crippen LogP contribution in [0.2, 0.25) is 0 Å². The predicted octanol–water partition coefficient (Wildman–Crippen LogP) is 3.85. The number of furan rings is 1. The third kappa shape index (κ3) is 6.17. The Morgan fingerprint density at radius 3 is 2.57 bits per heavy atom. The van der Waals surface area contributed by atoms with Gasteiger partial charge in [-0.25, -0.2) is 0 Å². The maximum absolute atomic E-state index is 12.7. The Morgan fingerprint density at radius 1 is 1.00 bits per heavy atom. The number of carbonyl (C=O) groups is 1. The van der Waals surface area contributed by atoms with Crippen molar-refractivity contribution in [2.45, 2.75) is 37.1 Å². The van der Waals surface area contributed by atoms with Crippen molar-refractivity contribution < 1.29 is 9.21 Å². The Balaban J connectivity index is 1.16. The normalized spacial score (nSPS) is 14.7. The number of rotatable bonds is 9. The largest absolute Gasteiger partial charge is 0.461 e.